The molecule has 0 saturated carbocycles. The lowest BCUT2D eigenvalue weighted by molar-refractivity contribution is -0.167. The smallest absolute Gasteiger partial charge is 0.306 e. The van der Waals surface area contributed by atoms with Crippen molar-refractivity contribution in [2.75, 3.05) is 13.2 Å². The highest BCUT2D eigenvalue weighted by Gasteiger charge is 2.19. The molecule has 0 unspecified atom stereocenters. The van der Waals surface area contributed by atoms with Gasteiger partial charge in [0.25, 0.3) is 0 Å². The average Bonchev–Trinajstić information content (AvgIpc) is 3.28. The van der Waals surface area contributed by atoms with Crippen molar-refractivity contribution in [3.8, 4) is 0 Å². The highest BCUT2D eigenvalue weighted by atomic mass is 16.6. The van der Waals surface area contributed by atoms with Crippen molar-refractivity contribution in [2.45, 2.75) is 232 Å². The zero-order valence-electron chi connectivity index (χ0n) is 40.8. The van der Waals surface area contributed by atoms with Crippen LogP contribution in [0.2, 0.25) is 0 Å². The highest BCUT2D eigenvalue weighted by molar-refractivity contribution is 5.71. The van der Waals surface area contributed by atoms with Crippen molar-refractivity contribution >= 4 is 17.9 Å². The second-order valence-corrected chi connectivity index (χ2v) is 16.7. The molecule has 0 aromatic heterocycles. The van der Waals surface area contributed by atoms with E-state index in [4.69, 9.17) is 14.2 Å². The molecule has 0 aliphatic carbocycles. The van der Waals surface area contributed by atoms with Gasteiger partial charge in [-0.2, -0.15) is 0 Å². The van der Waals surface area contributed by atoms with Crippen molar-refractivity contribution in [1.82, 2.24) is 0 Å². The largest absolute Gasteiger partial charge is 0.462 e. The number of hydrogen-bond donors (Lipinski definition) is 0. The van der Waals surface area contributed by atoms with Gasteiger partial charge in [0.2, 0.25) is 0 Å². The van der Waals surface area contributed by atoms with Crippen LogP contribution in [0.4, 0.5) is 0 Å². The van der Waals surface area contributed by atoms with E-state index >= 15 is 0 Å². The Bertz CT molecular complexity index is 1280. The number of hydrogen-bond acceptors (Lipinski definition) is 6. The van der Waals surface area contributed by atoms with Crippen molar-refractivity contribution < 1.29 is 28.6 Å². The Kier molecular flexibility index (Phi) is 48.0. The molecule has 1 atom stereocenters. The third-order valence-corrected chi connectivity index (χ3v) is 10.6. The number of carbonyl (C=O) groups excluding carboxylic acids is 3. The molecule has 0 N–H and O–H groups in total. The molecule has 0 radical (unpaired) electrons. The number of carbonyl (C=O) groups is 3. The Morgan fingerprint density at radius 2 is 0.619 bits per heavy atom. The van der Waals surface area contributed by atoms with Crippen LogP contribution in [0.5, 0.6) is 0 Å². The fourth-order valence-corrected chi connectivity index (χ4v) is 6.73. The van der Waals surface area contributed by atoms with Crippen molar-refractivity contribution in [3.63, 3.8) is 0 Å². The molecule has 0 bridgehead atoms. The van der Waals surface area contributed by atoms with Gasteiger partial charge in [-0.1, -0.05) is 189 Å². The summed E-state index contributed by atoms with van der Waals surface area (Å²) >= 11 is 0. The second-order valence-electron chi connectivity index (χ2n) is 16.7. The fraction of sp³-hybridized carbons (Fsp3) is 0.667. The van der Waals surface area contributed by atoms with Crippen LogP contribution in [-0.4, -0.2) is 37.2 Å². The summed E-state index contributed by atoms with van der Waals surface area (Å²) in [5, 5.41) is 0. The molecule has 0 amide bonds. The van der Waals surface area contributed by atoms with Crippen LogP contribution >= 0.6 is 0 Å². The van der Waals surface area contributed by atoms with E-state index in [-0.39, 0.29) is 31.1 Å². The van der Waals surface area contributed by atoms with Gasteiger partial charge in [0, 0.05) is 19.3 Å². The first-order valence-electron chi connectivity index (χ1n) is 25.7. The first-order chi connectivity index (χ1) is 31.0. The predicted molar refractivity (Wildman–Crippen MR) is 270 cm³/mol. The Balaban J connectivity index is 4.48. The monoisotopic (exact) mass is 875 g/mol. The summed E-state index contributed by atoms with van der Waals surface area (Å²) in [6, 6.07) is 0. The van der Waals surface area contributed by atoms with Crippen LogP contribution in [0.25, 0.3) is 0 Å². The number of allylic oxidation sites excluding steroid dienone is 16. The van der Waals surface area contributed by atoms with Crippen molar-refractivity contribution in [2.24, 2.45) is 0 Å². The van der Waals surface area contributed by atoms with Gasteiger partial charge in [-0.15, -0.1) is 0 Å². The lowest BCUT2D eigenvalue weighted by Crippen LogP contribution is -2.30. The normalized spacial score (nSPS) is 12.9. The second kappa shape index (κ2) is 51.0. The number of esters is 3. The summed E-state index contributed by atoms with van der Waals surface area (Å²) in [5.74, 6) is -0.949. The van der Waals surface area contributed by atoms with Gasteiger partial charge in [-0.25, -0.2) is 0 Å². The Morgan fingerprint density at radius 1 is 0.333 bits per heavy atom. The summed E-state index contributed by atoms with van der Waals surface area (Å²) in [6.07, 6.45) is 66.7. The minimum Gasteiger partial charge on any atom is -0.462 e. The minimum atomic E-state index is -0.800. The number of rotatable bonds is 45. The molecule has 0 aromatic carbocycles. The van der Waals surface area contributed by atoms with Gasteiger partial charge >= 0.3 is 17.9 Å². The minimum absolute atomic E-state index is 0.0988. The van der Waals surface area contributed by atoms with Crippen LogP contribution < -0.4 is 0 Å². The summed E-state index contributed by atoms with van der Waals surface area (Å²) < 4.78 is 16.8. The van der Waals surface area contributed by atoms with Crippen molar-refractivity contribution in [3.05, 3.63) is 97.2 Å². The molecular weight excluding hydrogens is 781 g/mol. The lowest BCUT2D eigenvalue weighted by atomic mass is 10.1. The van der Waals surface area contributed by atoms with E-state index in [1.807, 2.05) is 0 Å². The third kappa shape index (κ3) is 49.2. The molecule has 0 saturated heterocycles. The number of unbranched alkanes of at least 4 members (excludes halogenated alkanes) is 18. The van der Waals surface area contributed by atoms with Crippen LogP contribution in [0.1, 0.15) is 226 Å². The molecule has 6 nitrogen and oxygen atoms in total. The molecule has 0 aromatic rings. The van der Waals surface area contributed by atoms with E-state index in [2.05, 4.69) is 118 Å². The first kappa shape index (κ1) is 59.3. The topological polar surface area (TPSA) is 78.9 Å². The van der Waals surface area contributed by atoms with Gasteiger partial charge in [-0.3, -0.25) is 14.4 Å². The predicted octanol–water partition coefficient (Wildman–Crippen LogP) is 17.0. The highest BCUT2D eigenvalue weighted by Crippen LogP contribution is 2.13. The molecule has 0 spiro atoms. The molecule has 0 aliphatic rings. The van der Waals surface area contributed by atoms with Gasteiger partial charge < -0.3 is 14.2 Å². The standard InChI is InChI=1S/C57H94O6/c1-4-7-10-13-16-19-22-25-28-31-34-37-40-43-46-49-55(58)61-52-54(63-57(60)51-48-45-42-39-36-33-30-27-24-21-18-15-12-9-6-3)53-62-56(59)50-47-44-41-38-35-32-29-26-23-20-17-14-11-8-5-2/h7,9-10,12,16-21,25-30,54H,4-6,8,11,13-15,22-24,31-53H2,1-3H3/b10-7+,12-9+,19-16+,20-17+,21-18+,28-25+,29-26+,30-27+/t54-/m0/s1. The average molecular weight is 875 g/mol. The zero-order chi connectivity index (χ0) is 45.8. The maximum atomic E-state index is 12.8. The lowest BCUT2D eigenvalue weighted by Gasteiger charge is -2.18. The maximum absolute atomic E-state index is 12.8. The maximum Gasteiger partial charge on any atom is 0.306 e. The van der Waals surface area contributed by atoms with Gasteiger partial charge in [0.05, 0.1) is 0 Å². The van der Waals surface area contributed by atoms with Crippen LogP contribution in [-0.2, 0) is 28.6 Å². The summed E-state index contributed by atoms with van der Waals surface area (Å²) in [6.45, 7) is 6.34. The summed E-state index contributed by atoms with van der Waals surface area (Å²) in [5.41, 5.74) is 0. The summed E-state index contributed by atoms with van der Waals surface area (Å²) in [7, 11) is 0. The van der Waals surface area contributed by atoms with Crippen LogP contribution in [0.15, 0.2) is 97.2 Å². The molecule has 6 heteroatoms. The Morgan fingerprint density at radius 3 is 0.968 bits per heavy atom. The molecule has 0 fully saturated rings. The third-order valence-electron chi connectivity index (χ3n) is 10.6. The first-order valence-corrected chi connectivity index (χ1v) is 25.7. The molecule has 358 valence electrons. The molecular formula is C57H94O6. The Hall–Kier alpha value is -3.67. The van der Waals surface area contributed by atoms with Crippen LogP contribution in [0.3, 0.4) is 0 Å². The van der Waals surface area contributed by atoms with Gasteiger partial charge in [0.15, 0.2) is 6.10 Å². The van der Waals surface area contributed by atoms with E-state index in [1.165, 1.54) is 25.7 Å². The van der Waals surface area contributed by atoms with E-state index < -0.39 is 6.10 Å². The van der Waals surface area contributed by atoms with E-state index in [9.17, 15) is 14.4 Å². The fourth-order valence-electron chi connectivity index (χ4n) is 6.73. The quantitative estimate of drug-likeness (QED) is 0.0262. The van der Waals surface area contributed by atoms with E-state index in [1.54, 1.807) is 0 Å². The number of ether oxygens (including phenoxy) is 3. The van der Waals surface area contributed by atoms with Gasteiger partial charge in [-0.05, 0) is 116 Å². The van der Waals surface area contributed by atoms with E-state index in [0.717, 1.165) is 161 Å². The van der Waals surface area contributed by atoms with Crippen molar-refractivity contribution in [1.29, 1.82) is 0 Å². The molecule has 63 heavy (non-hydrogen) atoms. The summed E-state index contributed by atoms with van der Waals surface area (Å²) in [4.78, 5) is 38.0. The molecule has 0 rings (SSSR count). The SMILES string of the molecule is CC/C=C/C/C=C/C/C=C/CCCCCCCC(=O)OC[C@@H](COC(=O)CCCCCCC/C=C/C/C=C/CCCCC)OC(=O)CCCCCCC/C=C/C/C=C/C/C=C/CC. The zero-order valence-corrected chi connectivity index (χ0v) is 40.8. The van der Waals surface area contributed by atoms with Crippen LogP contribution in [0, 0.1) is 0 Å². The molecule has 0 heterocycles. The molecule has 0 aliphatic heterocycles. The Labute approximate surface area is 387 Å². The van der Waals surface area contributed by atoms with E-state index in [0.29, 0.717) is 19.3 Å². The van der Waals surface area contributed by atoms with Gasteiger partial charge in [0.1, 0.15) is 13.2 Å².